The maximum Gasteiger partial charge on any atom is 0.264 e. The molecule has 0 bridgehead atoms. The van der Waals surface area contributed by atoms with Crippen molar-refractivity contribution in [2.75, 3.05) is 11.4 Å². The molecule has 190 valence electrons. The van der Waals surface area contributed by atoms with Crippen LogP contribution in [0.2, 0.25) is 0 Å². The number of carbonyl (C=O) groups excluding carboxylic acids is 3. The summed E-state index contributed by atoms with van der Waals surface area (Å²) < 4.78 is 14.7. The van der Waals surface area contributed by atoms with Crippen molar-refractivity contribution >= 4 is 45.1 Å². The third kappa shape index (κ3) is 4.18. The molecule has 3 aromatic carbocycles. The number of rotatable bonds is 5. The maximum absolute atomic E-state index is 13.8. The number of imide groups is 1. The van der Waals surface area contributed by atoms with Crippen molar-refractivity contribution in [2.45, 2.75) is 24.5 Å². The lowest BCUT2D eigenvalue weighted by molar-refractivity contribution is -0.135. The van der Waals surface area contributed by atoms with Crippen molar-refractivity contribution in [1.29, 1.82) is 0 Å². The Kier molecular flexibility index (Phi) is 6.07. The van der Waals surface area contributed by atoms with Gasteiger partial charge in [0, 0.05) is 10.9 Å². The first-order valence-corrected chi connectivity index (χ1v) is 12.7. The summed E-state index contributed by atoms with van der Waals surface area (Å²) in [5.74, 6) is -2.18. The quantitative estimate of drug-likeness (QED) is 0.425. The van der Waals surface area contributed by atoms with Gasteiger partial charge in [0.1, 0.15) is 12.4 Å². The second-order valence-electron chi connectivity index (χ2n) is 9.11. The smallest absolute Gasteiger partial charge is 0.264 e. The van der Waals surface area contributed by atoms with Gasteiger partial charge in [0.25, 0.3) is 17.7 Å². The van der Waals surface area contributed by atoms with E-state index in [1.165, 1.54) is 28.2 Å². The average molecular weight is 575 g/mol. The molecule has 11 heteroatoms. The van der Waals surface area contributed by atoms with E-state index in [4.69, 9.17) is 0 Å². The van der Waals surface area contributed by atoms with Crippen LogP contribution < -0.4 is 4.90 Å². The fourth-order valence-corrected chi connectivity index (χ4v) is 5.19. The van der Waals surface area contributed by atoms with Gasteiger partial charge in [0.2, 0.25) is 0 Å². The monoisotopic (exact) mass is 574 g/mol. The number of benzene rings is 3. The molecule has 9 nitrogen and oxygen atoms in total. The number of halogens is 2. The Bertz CT molecular complexity index is 1500. The van der Waals surface area contributed by atoms with E-state index >= 15 is 0 Å². The summed E-state index contributed by atoms with van der Waals surface area (Å²) in [7, 11) is 0. The molecule has 1 fully saturated rings. The van der Waals surface area contributed by atoms with Crippen LogP contribution in [0.5, 0.6) is 0 Å². The number of fused-ring (bicyclic) bond motifs is 1. The van der Waals surface area contributed by atoms with Crippen molar-refractivity contribution < 1.29 is 18.8 Å². The predicted molar refractivity (Wildman–Crippen MR) is 139 cm³/mol. The molecule has 3 aromatic rings. The summed E-state index contributed by atoms with van der Waals surface area (Å²) in [4.78, 5) is 40.7. The number of nitrogens with zero attached hydrogens (tertiary/aromatic N) is 6. The molecule has 0 radical (unpaired) electrons. The van der Waals surface area contributed by atoms with Crippen molar-refractivity contribution in [3.05, 3.63) is 100 Å². The van der Waals surface area contributed by atoms with E-state index in [0.717, 1.165) is 32.3 Å². The first-order chi connectivity index (χ1) is 18.4. The highest BCUT2D eigenvalue weighted by Gasteiger charge is 2.55. The number of hydrazone groups is 1. The lowest BCUT2D eigenvalue weighted by Crippen LogP contribution is -2.44. The van der Waals surface area contributed by atoms with E-state index in [9.17, 15) is 18.8 Å². The fourth-order valence-electron chi connectivity index (χ4n) is 4.93. The highest BCUT2D eigenvalue weighted by atomic mass is 79.9. The number of hydrogen-bond donors (Lipinski definition) is 0. The molecular formula is C27H20BrFN6O3. The normalized spacial score (nSPS) is 22.3. The zero-order chi connectivity index (χ0) is 26.4. The summed E-state index contributed by atoms with van der Waals surface area (Å²) in [5, 5.41) is 15.3. The molecule has 1 saturated heterocycles. The summed E-state index contributed by atoms with van der Waals surface area (Å²) in [6, 6.07) is 20.0. The highest BCUT2D eigenvalue weighted by molar-refractivity contribution is 9.10. The largest absolute Gasteiger partial charge is 0.271 e. The molecule has 3 atom stereocenters. The van der Waals surface area contributed by atoms with Crippen molar-refractivity contribution in [3.63, 3.8) is 0 Å². The number of anilines is 1. The first-order valence-electron chi connectivity index (χ1n) is 11.9. The van der Waals surface area contributed by atoms with Gasteiger partial charge in [-0.25, -0.2) is 14.3 Å². The van der Waals surface area contributed by atoms with E-state index < -0.39 is 35.6 Å². The lowest BCUT2D eigenvalue weighted by Gasteiger charge is -2.25. The van der Waals surface area contributed by atoms with E-state index in [0.29, 0.717) is 6.42 Å². The minimum absolute atomic E-state index is 0.114. The van der Waals surface area contributed by atoms with Gasteiger partial charge in [-0.3, -0.25) is 19.4 Å². The Morgan fingerprint density at radius 2 is 1.74 bits per heavy atom. The van der Waals surface area contributed by atoms with Gasteiger partial charge in [0.15, 0.2) is 12.1 Å². The summed E-state index contributed by atoms with van der Waals surface area (Å²) in [5.41, 5.74) is 2.68. The molecule has 0 aromatic heterocycles. The molecule has 38 heavy (non-hydrogen) atoms. The van der Waals surface area contributed by atoms with Crippen LogP contribution in [0.3, 0.4) is 0 Å². The van der Waals surface area contributed by atoms with Crippen LogP contribution in [0.4, 0.5) is 10.1 Å². The summed E-state index contributed by atoms with van der Waals surface area (Å²) >= 11 is 3.44. The van der Waals surface area contributed by atoms with Crippen LogP contribution in [0, 0.1) is 5.82 Å². The van der Waals surface area contributed by atoms with Gasteiger partial charge >= 0.3 is 0 Å². The second kappa shape index (κ2) is 9.56. The van der Waals surface area contributed by atoms with Gasteiger partial charge in [0.05, 0.1) is 17.4 Å². The second-order valence-corrected chi connectivity index (χ2v) is 10.0. The molecule has 0 unspecified atom stereocenters. The SMILES string of the molecule is O=C1[C@@H]2[C@@H](N=NN2CC(=O)N2N=C(c3ccc(Br)cc3)C[C@H]2c2ccccc2)C(=O)N1c1cccc(F)c1. The van der Waals surface area contributed by atoms with Crippen LogP contribution >= 0.6 is 15.9 Å². The third-order valence-corrected chi connectivity index (χ3v) is 7.28. The number of carbonyl (C=O) groups is 3. The van der Waals surface area contributed by atoms with Crippen molar-refractivity contribution in [2.24, 2.45) is 15.4 Å². The Balaban J connectivity index is 1.26. The van der Waals surface area contributed by atoms with Crippen molar-refractivity contribution in [1.82, 2.24) is 10.0 Å². The molecule has 3 aliphatic rings. The van der Waals surface area contributed by atoms with Gasteiger partial charge in [-0.1, -0.05) is 69.7 Å². The van der Waals surface area contributed by atoms with Gasteiger partial charge in [-0.15, -0.1) is 0 Å². The minimum atomic E-state index is -1.09. The van der Waals surface area contributed by atoms with E-state index in [1.54, 1.807) is 0 Å². The number of hydrogen-bond acceptors (Lipinski definition) is 7. The lowest BCUT2D eigenvalue weighted by atomic mass is 9.98. The van der Waals surface area contributed by atoms with Crippen LogP contribution in [-0.4, -0.2) is 52.1 Å². The molecule has 0 aliphatic carbocycles. The fraction of sp³-hybridized carbons (Fsp3) is 0.185. The van der Waals surface area contributed by atoms with Crippen LogP contribution in [0.15, 0.2) is 98.8 Å². The zero-order valence-corrected chi connectivity index (χ0v) is 21.4. The Hall–Kier alpha value is -4.25. The van der Waals surface area contributed by atoms with Crippen LogP contribution in [-0.2, 0) is 14.4 Å². The maximum atomic E-state index is 13.8. The van der Waals surface area contributed by atoms with Crippen LogP contribution in [0.25, 0.3) is 0 Å². The Labute approximate surface area is 225 Å². The topological polar surface area (TPSA) is 98.0 Å². The molecule has 0 spiro atoms. The summed E-state index contributed by atoms with van der Waals surface area (Å²) in [6.07, 6.45) is 0.510. The Morgan fingerprint density at radius 1 is 0.974 bits per heavy atom. The van der Waals surface area contributed by atoms with E-state index in [-0.39, 0.29) is 18.3 Å². The highest BCUT2D eigenvalue weighted by Crippen LogP contribution is 2.35. The molecule has 3 amide bonds. The number of amides is 3. The minimum Gasteiger partial charge on any atom is -0.271 e. The van der Waals surface area contributed by atoms with E-state index in [1.807, 2.05) is 54.6 Å². The van der Waals surface area contributed by atoms with Crippen molar-refractivity contribution in [3.8, 4) is 0 Å². The Morgan fingerprint density at radius 3 is 2.47 bits per heavy atom. The third-order valence-electron chi connectivity index (χ3n) is 6.75. The molecular weight excluding hydrogens is 555 g/mol. The first kappa shape index (κ1) is 24.1. The van der Waals surface area contributed by atoms with Crippen LogP contribution in [0.1, 0.15) is 23.6 Å². The molecule has 0 saturated carbocycles. The molecule has 0 N–H and O–H groups in total. The van der Waals surface area contributed by atoms with Gasteiger partial charge in [-0.2, -0.15) is 10.2 Å². The van der Waals surface area contributed by atoms with E-state index in [2.05, 4.69) is 31.4 Å². The molecule has 6 rings (SSSR count). The standard InChI is InChI=1S/C27H20BrFN6O3/c28-18-11-9-16(10-12-18)21-14-22(17-5-2-1-3-6-17)35(31-21)23(36)15-33-25-24(30-32-33)26(37)34(27(25)38)20-8-4-7-19(29)13-20/h1-13,22,24-25H,14-15H2/t22-,24+,25-/m0/s1. The molecule has 3 heterocycles. The summed E-state index contributed by atoms with van der Waals surface area (Å²) in [6.45, 7) is -0.304. The molecule has 3 aliphatic heterocycles. The zero-order valence-electron chi connectivity index (χ0n) is 19.8. The van der Waals surface area contributed by atoms with Gasteiger partial charge in [-0.05, 0) is 41.5 Å². The average Bonchev–Trinajstić information content (AvgIpc) is 3.60. The predicted octanol–water partition coefficient (Wildman–Crippen LogP) is 4.26. The van der Waals surface area contributed by atoms with Gasteiger partial charge < -0.3 is 0 Å².